The van der Waals surface area contributed by atoms with Crippen molar-refractivity contribution in [3.8, 4) is 0 Å². The molecule has 0 spiro atoms. The van der Waals surface area contributed by atoms with Crippen molar-refractivity contribution in [3.05, 3.63) is 70.9 Å². The fraction of sp³-hybridized carbons (Fsp3) is 0.211. The summed E-state index contributed by atoms with van der Waals surface area (Å²) < 4.78 is 1.90. The maximum absolute atomic E-state index is 11.2. The topological polar surface area (TPSA) is 42.2 Å². The first-order valence-electron chi connectivity index (χ1n) is 7.40. The number of aryl methyl sites for hydroxylation is 1. The lowest BCUT2D eigenvalue weighted by molar-refractivity contribution is -0.137. The van der Waals surface area contributed by atoms with Crippen LogP contribution in [0.4, 0.5) is 0 Å². The predicted octanol–water partition coefficient (Wildman–Crippen LogP) is 3.93. The van der Waals surface area contributed by atoms with E-state index in [9.17, 15) is 9.90 Å². The molecule has 3 heteroatoms. The van der Waals surface area contributed by atoms with Gasteiger partial charge in [-0.05, 0) is 43.5 Å². The van der Waals surface area contributed by atoms with E-state index in [-0.39, 0.29) is 6.54 Å². The fourth-order valence-corrected chi connectivity index (χ4v) is 3.03. The Morgan fingerprint density at radius 2 is 1.82 bits per heavy atom. The molecule has 0 fully saturated rings. The number of nitrogens with zero attached hydrogens (tertiary/aromatic N) is 1. The molecular formula is C19H19NO2. The second kappa shape index (κ2) is 5.68. The Morgan fingerprint density at radius 3 is 2.50 bits per heavy atom. The molecule has 0 aliphatic heterocycles. The van der Waals surface area contributed by atoms with Crippen LogP contribution in [-0.2, 0) is 17.8 Å². The van der Waals surface area contributed by atoms with Crippen molar-refractivity contribution < 1.29 is 9.90 Å². The molecule has 0 saturated heterocycles. The van der Waals surface area contributed by atoms with Gasteiger partial charge in [0.05, 0.1) is 0 Å². The molecule has 0 atom stereocenters. The number of rotatable bonds is 4. The number of hydrogen-bond acceptors (Lipinski definition) is 1. The summed E-state index contributed by atoms with van der Waals surface area (Å²) in [6.45, 7) is 4.08. The van der Waals surface area contributed by atoms with Gasteiger partial charge in [0, 0.05) is 16.6 Å². The average Bonchev–Trinajstić information content (AvgIpc) is 2.73. The van der Waals surface area contributed by atoms with Crippen LogP contribution in [0.5, 0.6) is 0 Å². The van der Waals surface area contributed by atoms with Crippen molar-refractivity contribution in [1.82, 2.24) is 4.57 Å². The summed E-state index contributed by atoms with van der Waals surface area (Å²) in [5.41, 5.74) is 5.67. The third-order valence-electron chi connectivity index (χ3n) is 4.13. The predicted molar refractivity (Wildman–Crippen MR) is 88.3 cm³/mol. The Hall–Kier alpha value is -2.55. The van der Waals surface area contributed by atoms with E-state index < -0.39 is 5.97 Å². The number of carboxylic acids is 1. The third kappa shape index (κ3) is 2.62. The Bertz CT molecular complexity index is 832. The molecular weight excluding hydrogens is 274 g/mol. The molecule has 0 radical (unpaired) electrons. The summed E-state index contributed by atoms with van der Waals surface area (Å²) >= 11 is 0. The van der Waals surface area contributed by atoms with E-state index in [0.717, 1.165) is 23.0 Å². The van der Waals surface area contributed by atoms with E-state index in [0.29, 0.717) is 0 Å². The summed E-state index contributed by atoms with van der Waals surface area (Å²) in [6.07, 6.45) is 0.819. The minimum Gasteiger partial charge on any atom is -0.480 e. The lowest BCUT2D eigenvalue weighted by Crippen LogP contribution is -2.10. The Kier molecular flexibility index (Phi) is 3.72. The van der Waals surface area contributed by atoms with E-state index in [1.54, 1.807) is 0 Å². The van der Waals surface area contributed by atoms with Crippen LogP contribution in [0.2, 0.25) is 0 Å². The maximum atomic E-state index is 11.2. The molecule has 0 aliphatic rings. The van der Waals surface area contributed by atoms with Gasteiger partial charge in [0.1, 0.15) is 6.54 Å². The summed E-state index contributed by atoms with van der Waals surface area (Å²) in [4.78, 5) is 11.2. The molecule has 0 amide bonds. The zero-order valence-corrected chi connectivity index (χ0v) is 12.8. The highest BCUT2D eigenvalue weighted by molar-refractivity contribution is 5.87. The van der Waals surface area contributed by atoms with Gasteiger partial charge in [0.2, 0.25) is 0 Å². The van der Waals surface area contributed by atoms with Gasteiger partial charge in [-0.15, -0.1) is 0 Å². The van der Waals surface area contributed by atoms with Crippen LogP contribution in [0, 0.1) is 13.8 Å². The summed E-state index contributed by atoms with van der Waals surface area (Å²) in [7, 11) is 0. The highest BCUT2D eigenvalue weighted by Crippen LogP contribution is 2.29. The van der Waals surface area contributed by atoms with Crippen LogP contribution in [0.3, 0.4) is 0 Å². The number of aliphatic carboxylic acids is 1. The number of aromatic nitrogens is 1. The molecule has 1 aromatic heterocycles. The lowest BCUT2D eigenvalue weighted by Gasteiger charge is -2.05. The largest absolute Gasteiger partial charge is 0.480 e. The Morgan fingerprint density at radius 1 is 1.09 bits per heavy atom. The number of carboxylic acid groups (broad SMARTS) is 1. The first kappa shape index (κ1) is 14.4. The second-order valence-corrected chi connectivity index (χ2v) is 5.73. The Labute approximate surface area is 129 Å². The molecule has 2 aromatic carbocycles. The highest BCUT2D eigenvalue weighted by Gasteiger charge is 2.16. The SMILES string of the molecule is Cc1ccc2c(c1)c(Cc1ccccc1)c(C)n2CC(=O)O. The minimum atomic E-state index is -0.813. The van der Waals surface area contributed by atoms with E-state index >= 15 is 0 Å². The smallest absolute Gasteiger partial charge is 0.323 e. The number of hydrogen-bond donors (Lipinski definition) is 1. The van der Waals surface area contributed by atoms with Crippen molar-refractivity contribution in [1.29, 1.82) is 0 Å². The number of carbonyl (C=O) groups is 1. The minimum absolute atomic E-state index is 0.000183. The van der Waals surface area contributed by atoms with Crippen LogP contribution >= 0.6 is 0 Å². The van der Waals surface area contributed by atoms with Gasteiger partial charge >= 0.3 is 5.97 Å². The monoisotopic (exact) mass is 293 g/mol. The molecule has 0 unspecified atom stereocenters. The van der Waals surface area contributed by atoms with Gasteiger partial charge in [-0.3, -0.25) is 4.79 Å². The first-order valence-corrected chi connectivity index (χ1v) is 7.40. The standard InChI is InChI=1S/C19H19NO2/c1-13-8-9-18-17(10-13)16(11-15-6-4-3-5-7-15)14(2)20(18)12-19(21)22/h3-10H,11-12H2,1-2H3,(H,21,22). The van der Waals surface area contributed by atoms with Gasteiger partial charge in [-0.2, -0.15) is 0 Å². The molecule has 0 saturated carbocycles. The maximum Gasteiger partial charge on any atom is 0.323 e. The highest BCUT2D eigenvalue weighted by atomic mass is 16.4. The van der Waals surface area contributed by atoms with Crippen LogP contribution in [0.15, 0.2) is 48.5 Å². The molecule has 112 valence electrons. The third-order valence-corrected chi connectivity index (χ3v) is 4.13. The summed E-state index contributed by atoms with van der Waals surface area (Å²) in [5, 5.41) is 10.3. The van der Waals surface area contributed by atoms with Crippen LogP contribution in [0.25, 0.3) is 10.9 Å². The zero-order valence-electron chi connectivity index (χ0n) is 12.8. The second-order valence-electron chi connectivity index (χ2n) is 5.73. The van der Waals surface area contributed by atoms with Crippen molar-refractivity contribution >= 4 is 16.9 Å². The van der Waals surface area contributed by atoms with Gasteiger partial charge < -0.3 is 9.67 Å². The van der Waals surface area contributed by atoms with Crippen LogP contribution < -0.4 is 0 Å². The van der Waals surface area contributed by atoms with E-state index in [1.807, 2.05) is 41.8 Å². The van der Waals surface area contributed by atoms with E-state index in [2.05, 4.69) is 25.1 Å². The Balaban J connectivity index is 2.17. The van der Waals surface area contributed by atoms with Crippen molar-refractivity contribution in [2.24, 2.45) is 0 Å². The quantitative estimate of drug-likeness (QED) is 0.792. The van der Waals surface area contributed by atoms with Crippen molar-refractivity contribution in [2.45, 2.75) is 26.8 Å². The molecule has 1 heterocycles. The van der Waals surface area contributed by atoms with E-state index in [4.69, 9.17) is 0 Å². The molecule has 3 nitrogen and oxygen atoms in total. The van der Waals surface area contributed by atoms with E-state index in [1.165, 1.54) is 16.7 Å². The summed E-state index contributed by atoms with van der Waals surface area (Å²) in [6, 6.07) is 16.5. The lowest BCUT2D eigenvalue weighted by atomic mass is 10.0. The zero-order chi connectivity index (χ0) is 15.7. The van der Waals surface area contributed by atoms with Crippen LogP contribution in [0.1, 0.15) is 22.4 Å². The molecule has 3 rings (SSSR count). The summed E-state index contributed by atoms with van der Waals surface area (Å²) in [5.74, 6) is -0.813. The molecule has 0 aliphatic carbocycles. The molecule has 22 heavy (non-hydrogen) atoms. The first-order chi connectivity index (χ1) is 10.6. The normalized spacial score (nSPS) is 11.0. The van der Waals surface area contributed by atoms with Gasteiger partial charge in [0.25, 0.3) is 0 Å². The molecule has 0 bridgehead atoms. The van der Waals surface area contributed by atoms with Gasteiger partial charge in [-0.25, -0.2) is 0 Å². The van der Waals surface area contributed by atoms with Crippen molar-refractivity contribution in [2.75, 3.05) is 0 Å². The van der Waals surface area contributed by atoms with Crippen LogP contribution in [-0.4, -0.2) is 15.6 Å². The van der Waals surface area contributed by atoms with Crippen molar-refractivity contribution in [3.63, 3.8) is 0 Å². The average molecular weight is 293 g/mol. The molecule has 1 N–H and O–H groups in total. The van der Waals surface area contributed by atoms with Gasteiger partial charge in [0.15, 0.2) is 0 Å². The number of benzene rings is 2. The fourth-order valence-electron chi connectivity index (χ4n) is 3.03. The number of fused-ring (bicyclic) bond motifs is 1. The molecule has 3 aromatic rings. The van der Waals surface area contributed by atoms with Gasteiger partial charge in [-0.1, -0.05) is 42.0 Å².